The van der Waals surface area contributed by atoms with Crippen LogP contribution in [0, 0.1) is 11.3 Å². The second kappa shape index (κ2) is 9.00. The average molecular weight is 370 g/mol. The molecule has 0 aromatic rings. The zero-order valence-corrected chi connectivity index (χ0v) is 17.3. The molecule has 1 saturated carbocycles. The van der Waals surface area contributed by atoms with Gasteiger partial charge in [-0.15, -0.1) is 0 Å². The van der Waals surface area contributed by atoms with E-state index in [-0.39, 0.29) is 17.4 Å². The van der Waals surface area contributed by atoms with E-state index in [1.807, 2.05) is 20.8 Å². The van der Waals surface area contributed by atoms with Crippen molar-refractivity contribution in [2.45, 2.75) is 71.6 Å². The predicted octanol–water partition coefficient (Wildman–Crippen LogP) is 1.77. The summed E-state index contributed by atoms with van der Waals surface area (Å²) >= 11 is 0. The molecule has 3 atom stereocenters. The van der Waals surface area contributed by atoms with Crippen LogP contribution in [0.15, 0.2) is 0 Å². The van der Waals surface area contributed by atoms with E-state index in [0.29, 0.717) is 31.5 Å². The van der Waals surface area contributed by atoms with Gasteiger partial charge in [0.2, 0.25) is 5.91 Å². The topological polar surface area (TPSA) is 76.8 Å². The maximum absolute atomic E-state index is 13.0. The minimum Gasteiger partial charge on any atom is -0.379 e. The number of nitrogens with one attached hydrogen (secondary N) is 1. The molecule has 152 valence electrons. The summed E-state index contributed by atoms with van der Waals surface area (Å²) in [5, 5.41) is 3.19. The summed E-state index contributed by atoms with van der Waals surface area (Å²) in [5.41, 5.74) is 5.32. The standard InChI is InChI=1S/C20H39N3O3/c1-6-15(7-2)16(23-9-11-25-12-10-23)14-22-18(24)20(21)13-17(26-8-3)19(20,4)5/h15-17H,6-14,21H2,1-5H3,(H,22,24). The van der Waals surface area contributed by atoms with Crippen molar-refractivity contribution in [2.75, 3.05) is 39.5 Å². The van der Waals surface area contributed by atoms with E-state index < -0.39 is 5.54 Å². The van der Waals surface area contributed by atoms with Gasteiger partial charge in [-0.1, -0.05) is 40.5 Å². The van der Waals surface area contributed by atoms with Crippen LogP contribution in [0.4, 0.5) is 0 Å². The molecule has 0 bridgehead atoms. The Morgan fingerprint density at radius 2 is 1.88 bits per heavy atom. The number of hydrogen-bond donors (Lipinski definition) is 2. The zero-order chi connectivity index (χ0) is 19.4. The van der Waals surface area contributed by atoms with E-state index in [1.54, 1.807) is 0 Å². The van der Waals surface area contributed by atoms with E-state index in [9.17, 15) is 4.79 Å². The van der Waals surface area contributed by atoms with E-state index >= 15 is 0 Å². The Kier molecular flexibility index (Phi) is 7.48. The van der Waals surface area contributed by atoms with Crippen LogP contribution in [0.25, 0.3) is 0 Å². The molecule has 1 heterocycles. The molecule has 3 unspecified atom stereocenters. The van der Waals surface area contributed by atoms with Crippen molar-refractivity contribution in [2.24, 2.45) is 17.1 Å². The van der Waals surface area contributed by atoms with E-state index in [2.05, 4.69) is 24.1 Å². The van der Waals surface area contributed by atoms with Crippen molar-refractivity contribution in [3.8, 4) is 0 Å². The molecule has 0 aromatic carbocycles. The molecular weight excluding hydrogens is 330 g/mol. The molecule has 1 aliphatic carbocycles. The lowest BCUT2D eigenvalue weighted by Gasteiger charge is -2.57. The fourth-order valence-electron chi connectivity index (χ4n) is 4.51. The number of carbonyl (C=O) groups is 1. The average Bonchev–Trinajstić information content (AvgIpc) is 2.65. The normalized spacial score (nSPS) is 30.0. The Balaban J connectivity index is 2.00. The molecule has 1 aliphatic heterocycles. The van der Waals surface area contributed by atoms with Crippen LogP contribution in [0.2, 0.25) is 0 Å². The van der Waals surface area contributed by atoms with Gasteiger partial charge in [0.05, 0.1) is 19.3 Å². The number of rotatable bonds is 9. The van der Waals surface area contributed by atoms with Gasteiger partial charge in [-0.25, -0.2) is 0 Å². The van der Waals surface area contributed by atoms with Crippen LogP contribution < -0.4 is 11.1 Å². The zero-order valence-electron chi connectivity index (χ0n) is 17.3. The van der Waals surface area contributed by atoms with E-state index in [4.69, 9.17) is 15.2 Å². The van der Waals surface area contributed by atoms with Crippen LogP contribution in [0.5, 0.6) is 0 Å². The van der Waals surface area contributed by atoms with Gasteiger partial charge in [-0.2, -0.15) is 0 Å². The number of ether oxygens (including phenoxy) is 2. The third-order valence-corrected chi connectivity index (χ3v) is 6.81. The van der Waals surface area contributed by atoms with Gasteiger partial charge >= 0.3 is 0 Å². The first-order valence-corrected chi connectivity index (χ1v) is 10.3. The van der Waals surface area contributed by atoms with Gasteiger partial charge in [0.1, 0.15) is 5.54 Å². The minimum absolute atomic E-state index is 0.0392. The highest BCUT2D eigenvalue weighted by molar-refractivity contribution is 5.88. The molecule has 1 amide bonds. The highest BCUT2D eigenvalue weighted by atomic mass is 16.5. The van der Waals surface area contributed by atoms with E-state index in [1.165, 1.54) is 0 Å². The van der Waals surface area contributed by atoms with Crippen molar-refractivity contribution in [3.63, 3.8) is 0 Å². The molecule has 6 nitrogen and oxygen atoms in total. The Labute approximate surface area is 159 Å². The summed E-state index contributed by atoms with van der Waals surface area (Å²) in [6.45, 7) is 15.2. The van der Waals surface area contributed by atoms with Crippen molar-refractivity contribution < 1.29 is 14.3 Å². The van der Waals surface area contributed by atoms with Gasteiger partial charge in [-0.3, -0.25) is 9.69 Å². The predicted molar refractivity (Wildman–Crippen MR) is 104 cm³/mol. The molecule has 26 heavy (non-hydrogen) atoms. The van der Waals surface area contributed by atoms with E-state index in [0.717, 1.165) is 39.1 Å². The molecule has 0 radical (unpaired) electrons. The molecule has 0 spiro atoms. The first kappa shape index (κ1) is 21.6. The van der Waals surface area contributed by atoms with Gasteiger partial charge in [0, 0.05) is 44.1 Å². The number of morpholine rings is 1. The van der Waals surface area contributed by atoms with Crippen LogP contribution in [0.1, 0.15) is 53.9 Å². The first-order chi connectivity index (χ1) is 12.3. The van der Waals surface area contributed by atoms with Gasteiger partial charge in [0.15, 0.2) is 0 Å². The molecule has 2 rings (SSSR count). The largest absolute Gasteiger partial charge is 0.379 e. The smallest absolute Gasteiger partial charge is 0.240 e. The molecule has 0 aromatic heterocycles. The summed E-state index contributed by atoms with van der Waals surface area (Å²) in [4.78, 5) is 15.4. The van der Waals surface area contributed by atoms with Crippen molar-refractivity contribution in [3.05, 3.63) is 0 Å². The molecule has 2 aliphatic rings. The summed E-state index contributed by atoms with van der Waals surface area (Å²) in [7, 11) is 0. The monoisotopic (exact) mass is 369 g/mol. The highest BCUT2D eigenvalue weighted by Crippen LogP contribution is 2.49. The first-order valence-electron chi connectivity index (χ1n) is 10.3. The van der Waals surface area contributed by atoms with Crippen LogP contribution in [0.3, 0.4) is 0 Å². The summed E-state index contributed by atoms with van der Waals surface area (Å²) in [6, 6.07) is 0.340. The number of amides is 1. The fraction of sp³-hybridized carbons (Fsp3) is 0.950. The summed E-state index contributed by atoms with van der Waals surface area (Å²) in [6.07, 6.45) is 2.87. The minimum atomic E-state index is -0.851. The van der Waals surface area contributed by atoms with Crippen molar-refractivity contribution in [1.82, 2.24) is 10.2 Å². The second-order valence-corrected chi connectivity index (χ2v) is 8.34. The second-order valence-electron chi connectivity index (χ2n) is 8.34. The number of nitrogens with two attached hydrogens (primary N) is 1. The number of nitrogens with zero attached hydrogens (tertiary/aromatic N) is 1. The highest BCUT2D eigenvalue weighted by Gasteiger charge is 2.62. The molecule has 1 saturated heterocycles. The van der Waals surface area contributed by atoms with Gasteiger partial charge in [-0.05, 0) is 12.8 Å². The van der Waals surface area contributed by atoms with Crippen LogP contribution >= 0.6 is 0 Å². The Morgan fingerprint density at radius 1 is 1.27 bits per heavy atom. The Hall–Kier alpha value is -0.690. The van der Waals surface area contributed by atoms with Gasteiger partial charge < -0.3 is 20.5 Å². The van der Waals surface area contributed by atoms with Crippen LogP contribution in [-0.4, -0.2) is 67.9 Å². The summed E-state index contributed by atoms with van der Waals surface area (Å²) < 4.78 is 11.3. The lowest BCUT2D eigenvalue weighted by molar-refractivity contribution is -0.170. The van der Waals surface area contributed by atoms with Crippen molar-refractivity contribution >= 4 is 5.91 Å². The maximum atomic E-state index is 13.0. The maximum Gasteiger partial charge on any atom is 0.240 e. The van der Waals surface area contributed by atoms with Crippen molar-refractivity contribution in [1.29, 1.82) is 0 Å². The number of hydrogen-bond acceptors (Lipinski definition) is 5. The molecule has 6 heteroatoms. The summed E-state index contributed by atoms with van der Waals surface area (Å²) in [5.74, 6) is 0.523. The SMILES string of the molecule is CCOC1CC(N)(C(=O)NCC(C(CC)CC)N2CCOCC2)C1(C)C. The van der Waals surface area contributed by atoms with Gasteiger partial charge in [0.25, 0.3) is 0 Å². The molecule has 2 fully saturated rings. The third kappa shape index (κ3) is 4.08. The lowest BCUT2D eigenvalue weighted by atomic mass is 9.54. The molecule has 3 N–H and O–H groups in total. The Morgan fingerprint density at radius 3 is 2.38 bits per heavy atom. The molecular formula is C20H39N3O3. The fourth-order valence-corrected chi connectivity index (χ4v) is 4.51. The lowest BCUT2D eigenvalue weighted by Crippen LogP contribution is -2.76. The van der Waals surface area contributed by atoms with Crippen LogP contribution in [-0.2, 0) is 14.3 Å². The third-order valence-electron chi connectivity index (χ3n) is 6.81. The Bertz CT molecular complexity index is 461. The number of carbonyl (C=O) groups excluding carboxylic acids is 1. The quantitative estimate of drug-likeness (QED) is 0.648.